The monoisotopic (exact) mass is 363 g/mol. The van der Waals surface area contributed by atoms with E-state index in [9.17, 15) is 9.59 Å². The summed E-state index contributed by atoms with van der Waals surface area (Å²) in [5.41, 5.74) is 0.889. The molecule has 0 aromatic carbocycles. The number of fused-ring (bicyclic) bond motifs is 1. The molecular formula is C17H21N3O4S. The van der Waals surface area contributed by atoms with Crippen LogP contribution in [0.3, 0.4) is 0 Å². The summed E-state index contributed by atoms with van der Waals surface area (Å²) in [6, 6.07) is 1.63. The maximum Gasteiger partial charge on any atom is 0.410 e. The fourth-order valence-corrected chi connectivity index (χ4v) is 3.54. The number of anilines is 1. The van der Waals surface area contributed by atoms with Crippen LogP contribution in [0.1, 0.15) is 47.5 Å². The Morgan fingerprint density at radius 3 is 2.80 bits per heavy atom. The minimum absolute atomic E-state index is 0.249. The minimum Gasteiger partial charge on any atom is -0.469 e. The first-order chi connectivity index (χ1) is 11.7. The largest absolute Gasteiger partial charge is 0.469 e. The van der Waals surface area contributed by atoms with Crippen LogP contribution >= 0.6 is 11.3 Å². The van der Waals surface area contributed by atoms with Crippen LogP contribution in [0.25, 0.3) is 0 Å². The van der Waals surface area contributed by atoms with E-state index in [4.69, 9.17) is 9.15 Å². The molecule has 2 aromatic rings. The van der Waals surface area contributed by atoms with Crippen molar-refractivity contribution < 1.29 is 18.7 Å². The first-order valence-corrected chi connectivity index (χ1v) is 8.86. The molecule has 2 aromatic heterocycles. The van der Waals surface area contributed by atoms with E-state index in [1.807, 2.05) is 20.8 Å². The molecule has 3 heterocycles. The van der Waals surface area contributed by atoms with E-state index >= 15 is 0 Å². The predicted molar refractivity (Wildman–Crippen MR) is 93.9 cm³/mol. The van der Waals surface area contributed by atoms with Gasteiger partial charge in [-0.1, -0.05) is 11.3 Å². The Morgan fingerprint density at radius 2 is 2.16 bits per heavy atom. The molecule has 7 nitrogen and oxygen atoms in total. The van der Waals surface area contributed by atoms with Crippen LogP contribution in [-0.2, 0) is 17.7 Å². The molecule has 0 radical (unpaired) electrons. The maximum absolute atomic E-state index is 12.2. The summed E-state index contributed by atoms with van der Waals surface area (Å²) in [5.74, 6) is 0.316. The molecule has 0 aliphatic carbocycles. The normalized spacial score (nSPS) is 14.2. The molecule has 0 atom stereocenters. The molecule has 0 saturated carbocycles. The number of furan rings is 1. The third-order valence-electron chi connectivity index (χ3n) is 3.71. The fourth-order valence-electron chi connectivity index (χ4n) is 2.52. The van der Waals surface area contributed by atoms with Crippen molar-refractivity contribution in [3.63, 3.8) is 0 Å². The van der Waals surface area contributed by atoms with E-state index in [2.05, 4.69) is 10.3 Å². The van der Waals surface area contributed by atoms with Crippen LogP contribution < -0.4 is 5.32 Å². The van der Waals surface area contributed by atoms with Gasteiger partial charge in [-0.3, -0.25) is 10.1 Å². The van der Waals surface area contributed by atoms with E-state index in [0.717, 1.165) is 10.6 Å². The van der Waals surface area contributed by atoms with Crippen molar-refractivity contribution in [2.45, 2.75) is 46.3 Å². The molecule has 0 fully saturated rings. The van der Waals surface area contributed by atoms with E-state index < -0.39 is 5.60 Å². The van der Waals surface area contributed by atoms with E-state index in [-0.39, 0.29) is 12.0 Å². The number of carbonyl (C=O) groups is 2. The summed E-state index contributed by atoms with van der Waals surface area (Å²) in [6.45, 7) is 8.28. The number of ether oxygens (including phenoxy) is 1. The number of nitrogens with one attached hydrogen (secondary N) is 1. The topological polar surface area (TPSA) is 84.7 Å². The lowest BCUT2D eigenvalue weighted by Gasteiger charge is -2.29. The smallest absolute Gasteiger partial charge is 0.410 e. The number of carbonyl (C=O) groups excluding carboxylic acids is 2. The highest BCUT2D eigenvalue weighted by atomic mass is 32.1. The van der Waals surface area contributed by atoms with E-state index in [1.54, 1.807) is 17.9 Å². The Bertz CT molecular complexity index is 803. The van der Waals surface area contributed by atoms with Crippen molar-refractivity contribution in [3.05, 3.63) is 34.2 Å². The van der Waals surface area contributed by atoms with Crippen molar-refractivity contribution in [2.24, 2.45) is 0 Å². The van der Waals surface area contributed by atoms with Crippen LogP contribution in [0.15, 0.2) is 16.7 Å². The lowest BCUT2D eigenvalue weighted by molar-refractivity contribution is 0.0225. The van der Waals surface area contributed by atoms with Crippen molar-refractivity contribution in [1.29, 1.82) is 0 Å². The van der Waals surface area contributed by atoms with Gasteiger partial charge in [0.25, 0.3) is 5.91 Å². The Balaban J connectivity index is 1.68. The second-order valence-corrected chi connectivity index (χ2v) is 7.97. The minimum atomic E-state index is -0.521. The zero-order chi connectivity index (χ0) is 18.2. The lowest BCUT2D eigenvalue weighted by atomic mass is 10.2. The maximum atomic E-state index is 12.2. The third kappa shape index (κ3) is 4.01. The van der Waals surface area contributed by atoms with Gasteiger partial charge in [0.1, 0.15) is 11.4 Å². The van der Waals surface area contributed by atoms with Gasteiger partial charge < -0.3 is 14.1 Å². The van der Waals surface area contributed by atoms with Gasteiger partial charge in [-0.05, 0) is 33.8 Å². The average molecular weight is 363 g/mol. The molecule has 134 valence electrons. The second kappa shape index (κ2) is 6.51. The molecule has 25 heavy (non-hydrogen) atoms. The summed E-state index contributed by atoms with van der Waals surface area (Å²) in [7, 11) is 0. The first-order valence-electron chi connectivity index (χ1n) is 8.05. The molecule has 0 unspecified atom stereocenters. The average Bonchev–Trinajstić information content (AvgIpc) is 3.09. The Morgan fingerprint density at radius 1 is 1.40 bits per heavy atom. The van der Waals surface area contributed by atoms with Crippen LogP contribution in [0.2, 0.25) is 0 Å². The highest BCUT2D eigenvalue weighted by Crippen LogP contribution is 2.29. The molecule has 1 aliphatic heterocycles. The number of hydrogen-bond acceptors (Lipinski definition) is 6. The number of rotatable bonds is 2. The molecular weight excluding hydrogens is 342 g/mol. The number of aromatic nitrogens is 1. The van der Waals surface area contributed by atoms with Gasteiger partial charge in [-0.2, -0.15) is 0 Å². The third-order valence-corrected chi connectivity index (χ3v) is 4.70. The van der Waals surface area contributed by atoms with Crippen LogP contribution in [0, 0.1) is 6.92 Å². The Kier molecular flexibility index (Phi) is 4.55. The van der Waals surface area contributed by atoms with Gasteiger partial charge in [-0.25, -0.2) is 9.78 Å². The molecule has 2 amide bonds. The highest BCUT2D eigenvalue weighted by molar-refractivity contribution is 7.15. The van der Waals surface area contributed by atoms with Crippen molar-refractivity contribution in [2.75, 3.05) is 11.9 Å². The van der Waals surface area contributed by atoms with Gasteiger partial charge in [0.15, 0.2) is 5.13 Å². The number of hydrogen-bond donors (Lipinski definition) is 1. The molecule has 0 bridgehead atoms. The van der Waals surface area contributed by atoms with Gasteiger partial charge in [0.05, 0.1) is 24.1 Å². The molecule has 8 heteroatoms. The van der Waals surface area contributed by atoms with Crippen molar-refractivity contribution in [3.8, 4) is 0 Å². The summed E-state index contributed by atoms with van der Waals surface area (Å²) >= 11 is 1.38. The predicted octanol–water partition coefficient (Wildman–Crippen LogP) is 3.59. The number of aryl methyl sites for hydroxylation is 1. The molecule has 1 N–H and O–H groups in total. The molecule has 3 rings (SSSR count). The lowest BCUT2D eigenvalue weighted by Crippen LogP contribution is -2.39. The van der Waals surface area contributed by atoms with Crippen LogP contribution in [0.4, 0.5) is 9.93 Å². The fraction of sp³-hybridized carbons (Fsp3) is 0.471. The summed E-state index contributed by atoms with van der Waals surface area (Å²) < 4.78 is 10.6. The van der Waals surface area contributed by atoms with Gasteiger partial charge in [-0.15, -0.1) is 0 Å². The quantitative estimate of drug-likeness (QED) is 0.881. The van der Waals surface area contributed by atoms with Crippen molar-refractivity contribution >= 4 is 28.5 Å². The first kappa shape index (κ1) is 17.5. The summed E-state index contributed by atoms with van der Waals surface area (Å²) in [4.78, 5) is 31.6. The number of amides is 2. The summed E-state index contributed by atoms with van der Waals surface area (Å²) in [6.07, 6.45) is 1.80. The van der Waals surface area contributed by atoms with Crippen molar-refractivity contribution in [1.82, 2.24) is 9.88 Å². The zero-order valence-corrected chi connectivity index (χ0v) is 15.5. The van der Waals surface area contributed by atoms with Gasteiger partial charge >= 0.3 is 6.09 Å². The van der Waals surface area contributed by atoms with Gasteiger partial charge in [0.2, 0.25) is 0 Å². The standard InChI is InChI=1S/C17H21N3O4S/c1-10-11(6-8-23-10)14(21)19-15-18-12-5-7-20(9-13(12)25-15)16(22)24-17(2,3)4/h6,8H,5,7,9H2,1-4H3,(H,18,19,21). The Labute approximate surface area is 150 Å². The second-order valence-electron chi connectivity index (χ2n) is 6.89. The summed E-state index contributed by atoms with van der Waals surface area (Å²) in [5, 5.41) is 3.33. The number of thiazole rings is 1. The zero-order valence-electron chi connectivity index (χ0n) is 14.7. The SMILES string of the molecule is Cc1occc1C(=O)Nc1nc2c(s1)CN(C(=O)OC(C)(C)C)CC2. The van der Waals surface area contributed by atoms with Crippen LogP contribution in [0.5, 0.6) is 0 Å². The number of nitrogens with zero attached hydrogens (tertiary/aromatic N) is 2. The highest BCUT2D eigenvalue weighted by Gasteiger charge is 2.28. The Hall–Kier alpha value is -2.35. The molecule has 0 saturated heterocycles. The van der Waals surface area contributed by atoms with Crippen LogP contribution in [-0.4, -0.2) is 34.0 Å². The van der Waals surface area contributed by atoms with E-state index in [0.29, 0.717) is 36.0 Å². The van der Waals surface area contributed by atoms with Gasteiger partial charge in [0, 0.05) is 17.8 Å². The van der Waals surface area contributed by atoms with E-state index in [1.165, 1.54) is 17.6 Å². The molecule has 0 spiro atoms. The molecule has 1 aliphatic rings.